The lowest BCUT2D eigenvalue weighted by Gasteiger charge is -2.20. The van der Waals surface area contributed by atoms with Gasteiger partial charge in [0.2, 0.25) is 11.7 Å². The molecule has 0 saturated heterocycles. The van der Waals surface area contributed by atoms with Gasteiger partial charge in [-0.2, -0.15) is 4.98 Å². The van der Waals surface area contributed by atoms with Crippen molar-refractivity contribution in [1.82, 2.24) is 15.5 Å². The van der Waals surface area contributed by atoms with E-state index in [0.29, 0.717) is 28.8 Å². The number of carbonyl (C=O) groups is 1. The molecule has 3 rings (SSSR count). The molecule has 2 heterocycles. The summed E-state index contributed by atoms with van der Waals surface area (Å²) in [6, 6.07) is 10.0. The quantitative estimate of drug-likeness (QED) is 0.692. The van der Waals surface area contributed by atoms with E-state index in [2.05, 4.69) is 15.5 Å². The molecule has 0 spiro atoms. The van der Waals surface area contributed by atoms with E-state index in [9.17, 15) is 4.79 Å². The predicted molar refractivity (Wildman–Crippen MR) is 94.7 cm³/mol. The SMILES string of the molecule is CC[C@@H](C)[C@H](NC(=O)c1ccc(OC)cc1)c1nc(-c2ccco2)no1. The van der Waals surface area contributed by atoms with Crippen LogP contribution in [0.3, 0.4) is 0 Å². The Hall–Kier alpha value is -3.09. The first-order chi connectivity index (χ1) is 12.6. The summed E-state index contributed by atoms with van der Waals surface area (Å²) < 4.78 is 15.8. The summed E-state index contributed by atoms with van der Waals surface area (Å²) in [4.78, 5) is 17.0. The summed E-state index contributed by atoms with van der Waals surface area (Å²) in [7, 11) is 1.58. The summed E-state index contributed by atoms with van der Waals surface area (Å²) in [5.74, 6) is 1.83. The van der Waals surface area contributed by atoms with Gasteiger partial charge in [0, 0.05) is 5.56 Å². The standard InChI is InChI=1S/C19H21N3O4/c1-4-12(2)16(19-21-17(22-26-19)15-6-5-11-25-15)20-18(23)13-7-9-14(24-3)10-8-13/h5-12,16H,4H2,1-3H3,(H,20,23)/t12-,16+/m1/s1. The van der Waals surface area contributed by atoms with Crippen LogP contribution in [0.25, 0.3) is 11.6 Å². The van der Waals surface area contributed by atoms with Crippen molar-refractivity contribution in [3.63, 3.8) is 0 Å². The van der Waals surface area contributed by atoms with E-state index >= 15 is 0 Å². The minimum atomic E-state index is -0.397. The Morgan fingerprint density at radius 1 is 1.27 bits per heavy atom. The Morgan fingerprint density at radius 3 is 2.65 bits per heavy atom. The minimum absolute atomic E-state index is 0.113. The van der Waals surface area contributed by atoms with Crippen molar-refractivity contribution < 1.29 is 18.5 Å². The molecule has 7 nitrogen and oxygen atoms in total. The maximum absolute atomic E-state index is 12.6. The van der Waals surface area contributed by atoms with Crippen molar-refractivity contribution in [1.29, 1.82) is 0 Å². The summed E-state index contributed by atoms with van der Waals surface area (Å²) in [5.41, 5.74) is 0.532. The van der Waals surface area contributed by atoms with Crippen LogP contribution >= 0.6 is 0 Å². The van der Waals surface area contributed by atoms with E-state index in [-0.39, 0.29) is 11.8 Å². The monoisotopic (exact) mass is 355 g/mol. The van der Waals surface area contributed by atoms with Crippen LogP contribution < -0.4 is 10.1 Å². The van der Waals surface area contributed by atoms with Crippen LogP contribution in [-0.4, -0.2) is 23.2 Å². The smallest absolute Gasteiger partial charge is 0.251 e. The van der Waals surface area contributed by atoms with Crippen molar-refractivity contribution in [3.05, 3.63) is 54.1 Å². The number of hydrogen-bond donors (Lipinski definition) is 1. The van der Waals surface area contributed by atoms with Gasteiger partial charge in [-0.3, -0.25) is 4.79 Å². The van der Waals surface area contributed by atoms with Gasteiger partial charge in [0.15, 0.2) is 5.76 Å². The van der Waals surface area contributed by atoms with E-state index in [1.165, 1.54) is 0 Å². The van der Waals surface area contributed by atoms with E-state index < -0.39 is 6.04 Å². The molecule has 1 amide bonds. The highest BCUT2D eigenvalue weighted by Gasteiger charge is 2.27. The van der Waals surface area contributed by atoms with Crippen LogP contribution in [0.15, 0.2) is 51.6 Å². The molecule has 0 aliphatic rings. The normalized spacial score (nSPS) is 13.2. The van der Waals surface area contributed by atoms with Crippen LogP contribution in [0.1, 0.15) is 42.6 Å². The highest BCUT2D eigenvalue weighted by molar-refractivity contribution is 5.94. The fourth-order valence-corrected chi connectivity index (χ4v) is 2.52. The highest BCUT2D eigenvalue weighted by Crippen LogP contribution is 2.26. The molecule has 2 atom stereocenters. The Morgan fingerprint density at radius 2 is 2.04 bits per heavy atom. The highest BCUT2D eigenvalue weighted by atomic mass is 16.5. The lowest BCUT2D eigenvalue weighted by Crippen LogP contribution is -2.32. The zero-order valence-corrected chi connectivity index (χ0v) is 14.9. The average molecular weight is 355 g/mol. The van der Waals surface area contributed by atoms with Crippen LogP contribution in [0.5, 0.6) is 5.75 Å². The number of ether oxygens (including phenoxy) is 1. The van der Waals surface area contributed by atoms with Crippen molar-refractivity contribution in [3.8, 4) is 17.3 Å². The molecule has 2 aromatic heterocycles. The van der Waals surface area contributed by atoms with Gasteiger partial charge >= 0.3 is 0 Å². The first kappa shape index (κ1) is 17.7. The molecule has 3 aromatic rings. The Kier molecular flexibility index (Phi) is 5.36. The summed E-state index contributed by atoms with van der Waals surface area (Å²) in [5, 5.41) is 6.94. The molecule has 0 aliphatic heterocycles. The average Bonchev–Trinajstić information content (AvgIpc) is 3.36. The Balaban J connectivity index is 1.80. The Labute approximate surface area is 151 Å². The number of carbonyl (C=O) groups excluding carboxylic acids is 1. The third kappa shape index (κ3) is 3.77. The molecule has 0 fully saturated rings. The number of nitrogens with one attached hydrogen (secondary N) is 1. The van der Waals surface area contributed by atoms with Crippen molar-refractivity contribution in [2.45, 2.75) is 26.3 Å². The first-order valence-corrected chi connectivity index (χ1v) is 8.44. The topological polar surface area (TPSA) is 90.4 Å². The van der Waals surface area contributed by atoms with Gasteiger partial charge in [0.25, 0.3) is 5.91 Å². The van der Waals surface area contributed by atoms with Gasteiger partial charge in [-0.25, -0.2) is 0 Å². The molecule has 0 radical (unpaired) electrons. The van der Waals surface area contributed by atoms with E-state index in [1.54, 1.807) is 49.8 Å². The van der Waals surface area contributed by atoms with Crippen LogP contribution in [0, 0.1) is 5.92 Å². The third-order valence-electron chi connectivity index (χ3n) is 4.30. The van der Waals surface area contributed by atoms with Gasteiger partial charge in [-0.15, -0.1) is 0 Å². The molecule has 0 saturated carbocycles. The zero-order chi connectivity index (χ0) is 18.5. The van der Waals surface area contributed by atoms with Crippen LogP contribution in [0.2, 0.25) is 0 Å². The fraction of sp³-hybridized carbons (Fsp3) is 0.316. The summed E-state index contributed by atoms with van der Waals surface area (Å²) in [6.07, 6.45) is 2.38. The molecule has 26 heavy (non-hydrogen) atoms. The number of benzene rings is 1. The van der Waals surface area contributed by atoms with E-state index in [1.807, 2.05) is 13.8 Å². The second-order valence-electron chi connectivity index (χ2n) is 6.00. The van der Waals surface area contributed by atoms with Crippen LogP contribution in [-0.2, 0) is 0 Å². The van der Waals surface area contributed by atoms with Gasteiger partial charge in [-0.1, -0.05) is 25.4 Å². The Bertz CT molecular complexity index is 840. The third-order valence-corrected chi connectivity index (χ3v) is 4.30. The van der Waals surface area contributed by atoms with E-state index in [0.717, 1.165) is 6.42 Å². The number of aromatic nitrogens is 2. The number of furan rings is 1. The second-order valence-corrected chi connectivity index (χ2v) is 6.00. The second kappa shape index (κ2) is 7.86. The maximum Gasteiger partial charge on any atom is 0.251 e. The maximum atomic E-state index is 12.6. The van der Waals surface area contributed by atoms with Gasteiger partial charge in [-0.05, 0) is 42.3 Å². The predicted octanol–water partition coefficient (Wildman–Crippen LogP) is 3.86. The molecule has 1 aromatic carbocycles. The van der Waals surface area contributed by atoms with Gasteiger partial charge < -0.3 is 19.0 Å². The van der Waals surface area contributed by atoms with Crippen molar-refractivity contribution in [2.24, 2.45) is 5.92 Å². The lowest BCUT2D eigenvalue weighted by atomic mass is 9.98. The molecule has 7 heteroatoms. The molecular weight excluding hydrogens is 334 g/mol. The van der Waals surface area contributed by atoms with E-state index in [4.69, 9.17) is 13.7 Å². The van der Waals surface area contributed by atoms with Crippen molar-refractivity contribution in [2.75, 3.05) is 7.11 Å². The molecule has 0 bridgehead atoms. The number of amides is 1. The van der Waals surface area contributed by atoms with Crippen molar-refractivity contribution >= 4 is 5.91 Å². The van der Waals surface area contributed by atoms with Gasteiger partial charge in [0.05, 0.1) is 13.4 Å². The molecular formula is C19H21N3O4. The first-order valence-electron chi connectivity index (χ1n) is 8.44. The molecule has 136 valence electrons. The minimum Gasteiger partial charge on any atom is -0.497 e. The summed E-state index contributed by atoms with van der Waals surface area (Å²) in [6.45, 7) is 4.07. The molecule has 0 aliphatic carbocycles. The fourth-order valence-electron chi connectivity index (χ4n) is 2.52. The lowest BCUT2D eigenvalue weighted by molar-refractivity contribution is 0.0910. The van der Waals surface area contributed by atoms with Crippen LogP contribution in [0.4, 0.5) is 0 Å². The summed E-state index contributed by atoms with van der Waals surface area (Å²) >= 11 is 0. The molecule has 0 unspecified atom stereocenters. The number of rotatable bonds is 7. The largest absolute Gasteiger partial charge is 0.497 e. The number of hydrogen-bond acceptors (Lipinski definition) is 6. The zero-order valence-electron chi connectivity index (χ0n) is 14.9. The van der Waals surface area contributed by atoms with Gasteiger partial charge in [0.1, 0.15) is 11.8 Å². The number of nitrogens with zero attached hydrogens (tertiary/aromatic N) is 2. The number of methoxy groups -OCH3 is 1. The molecule has 1 N–H and O–H groups in total.